The fourth-order valence-corrected chi connectivity index (χ4v) is 2.76. The summed E-state index contributed by atoms with van der Waals surface area (Å²) in [5, 5.41) is 2.70. The third-order valence-corrected chi connectivity index (χ3v) is 4.19. The Labute approximate surface area is 158 Å². The van der Waals surface area contributed by atoms with Gasteiger partial charge in [0, 0.05) is 12.6 Å². The first kappa shape index (κ1) is 18.3. The number of amides is 1. The fraction of sp³-hybridized carbons (Fsp3) is 0.136. The van der Waals surface area contributed by atoms with E-state index in [1.807, 2.05) is 54.6 Å². The van der Waals surface area contributed by atoms with E-state index in [1.165, 1.54) is 13.3 Å². The number of benzene rings is 2. The van der Waals surface area contributed by atoms with Gasteiger partial charge >= 0.3 is 5.97 Å². The number of esters is 1. The quantitative estimate of drug-likeness (QED) is 0.685. The molecule has 0 saturated heterocycles. The first-order valence-electron chi connectivity index (χ1n) is 8.61. The number of nitrogens with one attached hydrogen (secondary N) is 1. The summed E-state index contributed by atoms with van der Waals surface area (Å²) in [6.07, 6.45) is 1.87. The van der Waals surface area contributed by atoms with Gasteiger partial charge in [-0.15, -0.1) is 0 Å². The summed E-state index contributed by atoms with van der Waals surface area (Å²) >= 11 is 0. The monoisotopic (exact) mass is 360 g/mol. The van der Waals surface area contributed by atoms with E-state index < -0.39 is 17.9 Å². The summed E-state index contributed by atoms with van der Waals surface area (Å²) in [7, 11) is 1.31. The topological polar surface area (TPSA) is 68.3 Å². The number of aromatic nitrogens is 1. The SMILES string of the molecule is COC(=O)[C@@H](Cc1ccc(-c2ccccc2)cc1)NC(=O)c1ccccn1. The molecular formula is C22H20N2O3. The number of ether oxygens (including phenoxy) is 1. The van der Waals surface area contributed by atoms with Crippen LogP contribution in [0.1, 0.15) is 16.1 Å². The Morgan fingerprint density at radius 3 is 2.22 bits per heavy atom. The lowest BCUT2D eigenvalue weighted by molar-refractivity contribution is -0.142. The standard InChI is InChI=1S/C22H20N2O3/c1-27-22(26)20(24-21(25)19-9-5-6-14-23-19)15-16-10-12-18(13-11-16)17-7-3-2-4-8-17/h2-14,20H,15H2,1H3,(H,24,25)/t20-/m1/s1. The highest BCUT2D eigenvalue weighted by Crippen LogP contribution is 2.19. The summed E-state index contributed by atoms with van der Waals surface area (Å²) in [5.74, 6) is -0.904. The molecule has 0 aliphatic rings. The molecule has 0 radical (unpaired) electrons. The van der Waals surface area contributed by atoms with Crippen molar-refractivity contribution in [3.05, 3.63) is 90.3 Å². The molecule has 1 heterocycles. The van der Waals surface area contributed by atoms with Gasteiger partial charge in [0.15, 0.2) is 0 Å². The van der Waals surface area contributed by atoms with Crippen LogP contribution in [0.25, 0.3) is 11.1 Å². The molecule has 27 heavy (non-hydrogen) atoms. The number of carbonyl (C=O) groups is 2. The first-order valence-corrected chi connectivity index (χ1v) is 8.61. The molecule has 1 atom stereocenters. The molecule has 1 aromatic heterocycles. The van der Waals surface area contributed by atoms with Gasteiger partial charge in [0.2, 0.25) is 0 Å². The second-order valence-corrected chi connectivity index (χ2v) is 6.03. The van der Waals surface area contributed by atoms with E-state index in [1.54, 1.807) is 18.2 Å². The number of hydrogen-bond acceptors (Lipinski definition) is 4. The number of carbonyl (C=O) groups excluding carboxylic acids is 2. The number of hydrogen-bond donors (Lipinski definition) is 1. The molecular weight excluding hydrogens is 340 g/mol. The van der Waals surface area contributed by atoms with E-state index in [0.29, 0.717) is 6.42 Å². The molecule has 3 rings (SSSR count). The third-order valence-electron chi connectivity index (χ3n) is 4.19. The van der Waals surface area contributed by atoms with Crippen molar-refractivity contribution in [3.63, 3.8) is 0 Å². The predicted molar refractivity (Wildman–Crippen MR) is 103 cm³/mol. The average molecular weight is 360 g/mol. The summed E-state index contributed by atoms with van der Waals surface area (Å²) in [4.78, 5) is 28.4. The second-order valence-electron chi connectivity index (χ2n) is 6.03. The van der Waals surface area contributed by atoms with Crippen molar-refractivity contribution in [2.24, 2.45) is 0 Å². The van der Waals surface area contributed by atoms with Crippen LogP contribution in [0, 0.1) is 0 Å². The molecule has 0 spiro atoms. The van der Waals surface area contributed by atoms with Crippen molar-refractivity contribution in [3.8, 4) is 11.1 Å². The Kier molecular flexibility index (Phi) is 5.94. The summed E-state index contributed by atoms with van der Waals surface area (Å²) in [6.45, 7) is 0. The van der Waals surface area contributed by atoms with Gasteiger partial charge in [0.1, 0.15) is 11.7 Å². The van der Waals surface area contributed by atoms with E-state index in [2.05, 4.69) is 10.3 Å². The van der Waals surface area contributed by atoms with E-state index in [4.69, 9.17) is 4.74 Å². The van der Waals surface area contributed by atoms with E-state index >= 15 is 0 Å². The molecule has 2 aromatic carbocycles. The van der Waals surface area contributed by atoms with Crippen LogP contribution in [-0.4, -0.2) is 30.0 Å². The van der Waals surface area contributed by atoms with E-state index in [9.17, 15) is 9.59 Å². The van der Waals surface area contributed by atoms with Crippen molar-refractivity contribution >= 4 is 11.9 Å². The van der Waals surface area contributed by atoms with Gasteiger partial charge in [0.05, 0.1) is 7.11 Å². The molecule has 0 bridgehead atoms. The minimum Gasteiger partial charge on any atom is -0.467 e. The maximum atomic E-state index is 12.3. The Balaban J connectivity index is 1.73. The minimum absolute atomic E-state index is 0.255. The molecule has 0 aliphatic heterocycles. The highest BCUT2D eigenvalue weighted by molar-refractivity contribution is 5.95. The normalized spacial score (nSPS) is 11.4. The van der Waals surface area contributed by atoms with E-state index in [-0.39, 0.29) is 5.69 Å². The van der Waals surface area contributed by atoms with Gasteiger partial charge < -0.3 is 10.1 Å². The van der Waals surface area contributed by atoms with Gasteiger partial charge in [-0.1, -0.05) is 60.7 Å². The van der Waals surface area contributed by atoms with Crippen LogP contribution < -0.4 is 5.32 Å². The molecule has 1 amide bonds. The van der Waals surface area contributed by atoms with E-state index in [0.717, 1.165) is 16.7 Å². The van der Waals surface area contributed by atoms with Crippen molar-refractivity contribution < 1.29 is 14.3 Å². The van der Waals surface area contributed by atoms with Crippen molar-refractivity contribution in [1.29, 1.82) is 0 Å². The molecule has 5 heteroatoms. The minimum atomic E-state index is -0.785. The Morgan fingerprint density at radius 2 is 1.59 bits per heavy atom. The zero-order valence-corrected chi connectivity index (χ0v) is 15.0. The second kappa shape index (κ2) is 8.76. The van der Waals surface area contributed by atoms with Crippen molar-refractivity contribution in [1.82, 2.24) is 10.3 Å². The smallest absolute Gasteiger partial charge is 0.328 e. The molecule has 3 aromatic rings. The number of rotatable bonds is 6. The zero-order chi connectivity index (χ0) is 19.1. The fourth-order valence-electron chi connectivity index (χ4n) is 2.76. The van der Waals surface area contributed by atoms with Gasteiger partial charge in [-0.05, 0) is 28.8 Å². The molecule has 0 fully saturated rings. The van der Waals surface area contributed by atoms with Gasteiger partial charge in [-0.3, -0.25) is 9.78 Å². The van der Waals surface area contributed by atoms with Crippen molar-refractivity contribution in [2.75, 3.05) is 7.11 Å². The highest BCUT2D eigenvalue weighted by atomic mass is 16.5. The van der Waals surface area contributed by atoms with Crippen molar-refractivity contribution in [2.45, 2.75) is 12.5 Å². The first-order chi connectivity index (χ1) is 13.2. The molecule has 0 unspecified atom stereocenters. The largest absolute Gasteiger partial charge is 0.467 e. The summed E-state index contributed by atoms with van der Waals surface area (Å²) in [6, 6.07) is 22.2. The molecule has 0 saturated carbocycles. The summed E-state index contributed by atoms with van der Waals surface area (Å²) < 4.78 is 4.84. The Bertz CT molecular complexity index is 894. The molecule has 1 N–H and O–H groups in total. The van der Waals surface area contributed by atoms with Crippen LogP contribution in [-0.2, 0) is 16.0 Å². The number of nitrogens with zero attached hydrogens (tertiary/aromatic N) is 1. The predicted octanol–water partition coefficient (Wildman–Crippen LogP) is 3.26. The van der Waals surface area contributed by atoms with Crippen LogP contribution in [0.5, 0.6) is 0 Å². The van der Waals surface area contributed by atoms with Crippen LogP contribution in [0.2, 0.25) is 0 Å². The van der Waals surface area contributed by atoms with Gasteiger partial charge in [-0.25, -0.2) is 4.79 Å². The molecule has 0 aliphatic carbocycles. The molecule has 136 valence electrons. The Morgan fingerprint density at radius 1 is 0.926 bits per heavy atom. The number of pyridine rings is 1. The molecule has 5 nitrogen and oxygen atoms in total. The maximum absolute atomic E-state index is 12.3. The highest BCUT2D eigenvalue weighted by Gasteiger charge is 2.23. The summed E-state index contributed by atoms with van der Waals surface area (Å²) in [5.41, 5.74) is 3.39. The Hall–Kier alpha value is -3.47. The zero-order valence-electron chi connectivity index (χ0n) is 15.0. The van der Waals surface area contributed by atoms with Crippen LogP contribution in [0.15, 0.2) is 79.0 Å². The maximum Gasteiger partial charge on any atom is 0.328 e. The average Bonchev–Trinajstić information content (AvgIpc) is 2.74. The van der Waals surface area contributed by atoms with Gasteiger partial charge in [-0.2, -0.15) is 0 Å². The van der Waals surface area contributed by atoms with Crippen LogP contribution >= 0.6 is 0 Å². The van der Waals surface area contributed by atoms with Gasteiger partial charge in [0.25, 0.3) is 5.91 Å². The lowest BCUT2D eigenvalue weighted by atomic mass is 10.0. The lowest BCUT2D eigenvalue weighted by Gasteiger charge is -2.16. The lowest BCUT2D eigenvalue weighted by Crippen LogP contribution is -2.43. The van der Waals surface area contributed by atoms with Crippen LogP contribution in [0.4, 0.5) is 0 Å². The number of methoxy groups -OCH3 is 1. The third kappa shape index (κ3) is 4.79. The van der Waals surface area contributed by atoms with Crippen LogP contribution in [0.3, 0.4) is 0 Å².